The van der Waals surface area contributed by atoms with E-state index in [0.29, 0.717) is 27.6 Å². The predicted octanol–water partition coefficient (Wildman–Crippen LogP) is 4.62. The maximum atomic E-state index is 5.98. The maximum absolute atomic E-state index is 5.98. The van der Waals surface area contributed by atoms with Gasteiger partial charge in [-0.15, -0.1) is 0 Å². The van der Waals surface area contributed by atoms with Crippen molar-refractivity contribution in [1.29, 1.82) is 0 Å². The van der Waals surface area contributed by atoms with Crippen molar-refractivity contribution in [3.63, 3.8) is 0 Å². The van der Waals surface area contributed by atoms with Crippen molar-refractivity contribution in [1.82, 2.24) is 4.98 Å². The third-order valence-electron chi connectivity index (χ3n) is 2.09. The Bertz CT molecular complexity index is 511. The molecular weight excluding hydrogens is 280 g/mol. The molecule has 0 saturated carbocycles. The summed E-state index contributed by atoms with van der Waals surface area (Å²) in [4.78, 5) is 3.89. The summed E-state index contributed by atoms with van der Waals surface area (Å²) in [6, 6.07) is 8.76. The maximum Gasteiger partial charge on any atom is 0.156 e. The highest BCUT2D eigenvalue weighted by molar-refractivity contribution is 6.37. The van der Waals surface area contributed by atoms with Crippen LogP contribution < -0.4 is 4.74 Å². The SMILES string of the molecule is Clc1cc(COc2c(Cl)cccc2Cl)ccn1. The third-order valence-corrected chi connectivity index (χ3v) is 2.90. The first-order valence-corrected chi connectivity index (χ1v) is 5.97. The van der Waals surface area contributed by atoms with Gasteiger partial charge in [0.05, 0.1) is 10.0 Å². The van der Waals surface area contributed by atoms with Crippen LogP contribution >= 0.6 is 34.8 Å². The monoisotopic (exact) mass is 287 g/mol. The van der Waals surface area contributed by atoms with E-state index in [-0.39, 0.29) is 0 Å². The predicted molar refractivity (Wildman–Crippen MR) is 70.0 cm³/mol. The Kier molecular flexibility index (Phi) is 4.11. The van der Waals surface area contributed by atoms with Crippen molar-refractivity contribution in [2.45, 2.75) is 6.61 Å². The fourth-order valence-corrected chi connectivity index (χ4v) is 2.01. The zero-order valence-corrected chi connectivity index (χ0v) is 10.9. The molecule has 0 radical (unpaired) electrons. The van der Waals surface area contributed by atoms with Gasteiger partial charge in [-0.25, -0.2) is 4.98 Å². The molecule has 0 spiro atoms. The Morgan fingerprint density at radius 2 is 1.76 bits per heavy atom. The van der Waals surface area contributed by atoms with Crippen LogP contribution in [0.4, 0.5) is 0 Å². The van der Waals surface area contributed by atoms with E-state index in [1.54, 1.807) is 30.5 Å². The first-order valence-electron chi connectivity index (χ1n) is 4.84. The van der Waals surface area contributed by atoms with Crippen molar-refractivity contribution < 1.29 is 4.74 Å². The van der Waals surface area contributed by atoms with Crippen LogP contribution in [0.5, 0.6) is 5.75 Å². The second kappa shape index (κ2) is 5.58. The highest BCUT2D eigenvalue weighted by atomic mass is 35.5. The van der Waals surface area contributed by atoms with Crippen LogP contribution in [-0.2, 0) is 6.61 Å². The molecule has 5 heteroatoms. The molecule has 0 N–H and O–H groups in total. The van der Waals surface area contributed by atoms with Gasteiger partial charge in [0.25, 0.3) is 0 Å². The zero-order valence-electron chi connectivity index (χ0n) is 8.66. The van der Waals surface area contributed by atoms with Crippen LogP contribution in [0.15, 0.2) is 36.5 Å². The summed E-state index contributed by atoms with van der Waals surface area (Å²) >= 11 is 17.7. The Labute approximate surface area is 114 Å². The average molecular weight is 289 g/mol. The molecule has 0 aliphatic carbocycles. The van der Waals surface area contributed by atoms with E-state index >= 15 is 0 Å². The van der Waals surface area contributed by atoms with Crippen molar-refractivity contribution in [2.75, 3.05) is 0 Å². The van der Waals surface area contributed by atoms with E-state index in [1.165, 1.54) is 0 Å². The van der Waals surface area contributed by atoms with Gasteiger partial charge >= 0.3 is 0 Å². The van der Waals surface area contributed by atoms with Gasteiger partial charge in [-0.3, -0.25) is 0 Å². The molecule has 0 bridgehead atoms. The van der Waals surface area contributed by atoms with Gasteiger partial charge in [0.2, 0.25) is 0 Å². The Morgan fingerprint density at radius 3 is 2.41 bits per heavy atom. The minimum atomic E-state index is 0.339. The summed E-state index contributed by atoms with van der Waals surface area (Å²) in [5.41, 5.74) is 0.904. The van der Waals surface area contributed by atoms with E-state index < -0.39 is 0 Å². The minimum absolute atomic E-state index is 0.339. The molecule has 2 aromatic rings. The van der Waals surface area contributed by atoms with E-state index in [2.05, 4.69) is 4.98 Å². The second-order valence-corrected chi connectivity index (χ2v) is 4.53. The van der Waals surface area contributed by atoms with Crippen LogP contribution in [0.1, 0.15) is 5.56 Å². The van der Waals surface area contributed by atoms with E-state index in [0.717, 1.165) is 5.56 Å². The van der Waals surface area contributed by atoms with E-state index in [4.69, 9.17) is 39.5 Å². The smallest absolute Gasteiger partial charge is 0.156 e. The number of benzene rings is 1. The number of pyridine rings is 1. The standard InChI is InChI=1S/C12H8Cl3NO/c13-9-2-1-3-10(14)12(9)17-7-8-4-5-16-11(15)6-8/h1-6H,7H2. The molecule has 2 nitrogen and oxygen atoms in total. The van der Waals surface area contributed by atoms with E-state index in [1.807, 2.05) is 6.07 Å². The molecule has 0 aliphatic heterocycles. The molecule has 0 saturated heterocycles. The highest BCUT2D eigenvalue weighted by Crippen LogP contribution is 2.32. The lowest BCUT2D eigenvalue weighted by Crippen LogP contribution is -1.97. The lowest BCUT2D eigenvalue weighted by atomic mass is 10.3. The van der Waals surface area contributed by atoms with Gasteiger partial charge in [-0.05, 0) is 29.8 Å². The minimum Gasteiger partial charge on any atom is -0.486 e. The lowest BCUT2D eigenvalue weighted by Gasteiger charge is -2.09. The van der Waals surface area contributed by atoms with Gasteiger partial charge in [0, 0.05) is 6.20 Å². The average Bonchev–Trinajstić information content (AvgIpc) is 2.28. The van der Waals surface area contributed by atoms with Crippen LogP contribution in [0, 0.1) is 0 Å². The van der Waals surface area contributed by atoms with Crippen molar-refractivity contribution in [3.05, 3.63) is 57.3 Å². The first-order chi connectivity index (χ1) is 8.16. The van der Waals surface area contributed by atoms with Gasteiger partial charge in [0.1, 0.15) is 11.8 Å². The normalized spacial score (nSPS) is 10.3. The third kappa shape index (κ3) is 3.25. The summed E-state index contributed by atoms with van der Waals surface area (Å²) in [6.45, 7) is 0.339. The molecule has 0 amide bonds. The Hall–Kier alpha value is -0.960. The molecular formula is C12H8Cl3NO. The van der Waals surface area contributed by atoms with Crippen LogP contribution in [0.2, 0.25) is 15.2 Å². The molecule has 1 heterocycles. The summed E-state index contributed by atoms with van der Waals surface area (Å²) in [5, 5.41) is 1.40. The van der Waals surface area contributed by atoms with Gasteiger partial charge in [-0.2, -0.15) is 0 Å². The largest absolute Gasteiger partial charge is 0.486 e. The Morgan fingerprint density at radius 1 is 1.06 bits per heavy atom. The molecule has 88 valence electrons. The highest BCUT2D eigenvalue weighted by Gasteiger charge is 2.06. The summed E-state index contributed by atoms with van der Waals surface area (Å²) in [5.74, 6) is 0.476. The number of rotatable bonds is 3. The fourth-order valence-electron chi connectivity index (χ4n) is 1.31. The van der Waals surface area contributed by atoms with Gasteiger partial charge in [-0.1, -0.05) is 40.9 Å². The number of hydrogen-bond acceptors (Lipinski definition) is 2. The summed E-state index contributed by atoms with van der Waals surface area (Å²) < 4.78 is 5.56. The molecule has 0 fully saturated rings. The lowest BCUT2D eigenvalue weighted by molar-refractivity contribution is 0.306. The molecule has 17 heavy (non-hydrogen) atoms. The topological polar surface area (TPSA) is 22.1 Å². The first kappa shape index (κ1) is 12.5. The number of hydrogen-bond donors (Lipinski definition) is 0. The molecule has 0 atom stereocenters. The second-order valence-electron chi connectivity index (χ2n) is 3.33. The zero-order chi connectivity index (χ0) is 12.3. The molecule has 0 unspecified atom stereocenters. The molecule has 2 rings (SSSR count). The number of para-hydroxylation sites is 1. The van der Waals surface area contributed by atoms with Crippen molar-refractivity contribution >= 4 is 34.8 Å². The van der Waals surface area contributed by atoms with E-state index in [9.17, 15) is 0 Å². The molecule has 0 aliphatic rings. The van der Waals surface area contributed by atoms with Crippen molar-refractivity contribution in [2.24, 2.45) is 0 Å². The Balaban J connectivity index is 2.13. The summed E-state index contributed by atoms with van der Waals surface area (Å²) in [6.07, 6.45) is 1.62. The van der Waals surface area contributed by atoms with Gasteiger partial charge < -0.3 is 4.74 Å². The number of aromatic nitrogens is 1. The molecule has 1 aromatic heterocycles. The fraction of sp³-hybridized carbons (Fsp3) is 0.0833. The summed E-state index contributed by atoms with van der Waals surface area (Å²) in [7, 11) is 0. The van der Waals surface area contributed by atoms with Crippen molar-refractivity contribution in [3.8, 4) is 5.75 Å². The number of ether oxygens (including phenoxy) is 1. The number of nitrogens with zero attached hydrogens (tertiary/aromatic N) is 1. The quantitative estimate of drug-likeness (QED) is 0.769. The van der Waals surface area contributed by atoms with Crippen LogP contribution in [0.25, 0.3) is 0 Å². The van der Waals surface area contributed by atoms with Crippen LogP contribution in [0.3, 0.4) is 0 Å². The molecule has 1 aromatic carbocycles. The number of halogens is 3. The van der Waals surface area contributed by atoms with Crippen LogP contribution in [-0.4, -0.2) is 4.98 Å². The van der Waals surface area contributed by atoms with Gasteiger partial charge in [0.15, 0.2) is 5.75 Å².